The number of hydrogen-bond acceptors (Lipinski definition) is 3. The Morgan fingerprint density at radius 3 is 2.33 bits per heavy atom. The Morgan fingerprint density at radius 1 is 1.12 bits per heavy atom. The van der Waals surface area contributed by atoms with Gasteiger partial charge in [0.05, 0.1) is 13.2 Å². The maximum Gasteiger partial charge on any atom is 0.168 e. The molecule has 1 aliphatic heterocycles. The van der Waals surface area contributed by atoms with Crippen LogP contribution < -0.4 is 0 Å². The Kier molecular flexibility index (Phi) is 6.35. The van der Waals surface area contributed by atoms with Crippen LogP contribution in [0.5, 0.6) is 0 Å². The van der Waals surface area contributed by atoms with Crippen LogP contribution in [-0.4, -0.2) is 36.5 Å². The lowest BCUT2D eigenvalue weighted by molar-refractivity contribution is -0.184. The number of benzene rings is 1. The molecule has 2 aliphatic rings. The molecule has 0 radical (unpaired) electrons. The smallest absolute Gasteiger partial charge is 0.168 e. The predicted octanol–water partition coefficient (Wildman–Crippen LogP) is 4.90. The number of nitrogens with zero attached hydrogens (tertiary/aromatic N) is 1. The first-order valence-corrected chi connectivity index (χ1v) is 10.0. The minimum Gasteiger partial charge on any atom is -0.348 e. The molecule has 1 saturated heterocycles. The highest BCUT2D eigenvalue weighted by atomic mass is 127. The first-order valence-electron chi connectivity index (χ1n) is 8.96. The fourth-order valence-corrected chi connectivity index (χ4v) is 4.10. The van der Waals surface area contributed by atoms with Gasteiger partial charge in [0.15, 0.2) is 5.79 Å². The summed E-state index contributed by atoms with van der Waals surface area (Å²) in [4.78, 5) is 2.64. The summed E-state index contributed by atoms with van der Waals surface area (Å²) >= 11 is 2.51. The van der Waals surface area contributed by atoms with Crippen molar-refractivity contribution in [2.24, 2.45) is 0 Å². The number of hydrogen-bond donors (Lipinski definition) is 0. The summed E-state index contributed by atoms with van der Waals surface area (Å²) < 4.78 is 13.2. The second-order valence-corrected chi connectivity index (χ2v) is 8.44. The molecule has 1 heterocycles. The van der Waals surface area contributed by atoms with Crippen LogP contribution >= 0.6 is 22.6 Å². The Morgan fingerprint density at radius 2 is 1.75 bits per heavy atom. The minimum atomic E-state index is -0.265. The van der Waals surface area contributed by atoms with Crippen molar-refractivity contribution < 1.29 is 9.47 Å². The van der Waals surface area contributed by atoms with Crippen molar-refractivity contribution in [1.82, 2.24) is 4.90 Å². The molecule has 1 aromatic carbocycles. The van der Waals surface area contributed by atoms with Gasteiger partial charge in [0.1, 0.15) is 0 Å². The van der Waals surface area contributed by atoms with Crippen LogP contribution in [0.3, 0.4) is 0 Å². The second-order valence-electron chi connectivity index (χ2n) is 7.13. The lowest BCUT2D eigenvalue weighted by atomic mass is 9.88. The van der Waals surface area contributed by atoms with Crippen LogP contribution in [0.15, 0.2) is 39.5 Å². The van der Waals surface area contributed by atoms with Crippen LogP contribution in [0.4, 0.5) is 0 Å². The molecule has 1 spiro atoms. The van der Waals surface area contributed by atoms with Gasteiger partial charge in [-0.25, -0.2) is 0 Å². The van der Waals surface area contributed by atoms with Crippen molar-refractivity contribution in [3.63, 3.8) is 0 Å². The highest BCUT2D eigenvalue weighted by Gasteiger charge is 2.41. The molecular weight excluding hydrogens is 413 g/mol. The largest absolute Gasteiger partial charge is 0.348 e. The monoisotopic (exact) mass is 441 g/mol. The normalized spacial score (nSPS) is 20.7. The molecule has 24 heavy (non-hydrogen) atoms. The molecule has 0 unspecified atom stereocenters. The first kappa shape index (κ1) is 18.4. The fraction of sp³-hybridized carbons (Fsp3) is 0.600. The Hall–Kier alpha value is -0.430. The van der Waals surface area contributed by atoms with Crippen molar-refractivity contribution in [3.05, 3.63) is 45.0 Å². The van der Waals surface area contributed by atoms with E-state index >= 15 is 0 Å². The van der Waals surface area contributed by atoms with Gasteiger partial charge in [-0.2, -0.15) is 0 Å². The van der Waals surface area contributed by atoms with Gasteiger partial charge in [-0.15, -0.1) is 0 Å². The van der Waals surface area contributed by atoms with Crippen molar-refractivity contribution in [1.29, 1.82) is 0 Å². The number of halogens is 1. The summed E-state index contributed by atoms with van der Waals surface area (Å²) in [6.07, 6.45) is 4.35. The SMILES string of the molecule is CC(C)=C(I)CN(Cc1ccccc1)C1CCC2(CC1)OCCO2. The van der Waals surface area contributed by atoms with Gasteiger partial charge in [-0.3, -0.25) is 4.90 Å². The standard InChI is InChI=1S/C20H28INO2/c1-16(2)19(21)15-22(14-17-6-4-3-5-7-17)18-8-10-20(11-9-18)23-12-13-24-20/h3-7,18H,8-15H2,1-2H3. The minimum absolute atomic E-state index is 0.265. The molecule has 1 saturated carbocycles. The molecule has 0 N–H and O–H groups in total. The molecule has 0 bridgehead atoms. The average Bonchev–Trinajstić information content (AvgIpc) is 3.04. The number of ether oxygens (including phenoxy) is 2. The summed E-state index contributed by atoms with van der Waals surface area (Å²) in [6, 6.07) is 11.4. The summed E-state index contributed by atoms with van der Waals surface area (Å²) in [5, 5.41) is 0. The number of allylic oxidation sites excluding steroid dienone is 1. The Labute approximate surface area is 159 Å². The third-order valence-electron chi connectivity index (χ3n) is 5.16. The van der Waals surface area contributed by atoms with E-state index in [1.807, 2.05) is 0 Å². The van der Waals surface area contributed by atoms with E-state index in [2.05, 4.69) is 71.7 Å². The molecule has 4 heteroatoms. The molecule has 0 amide bonds. The zero-order valence-corrected chi connectivity index (χ0v) is 16.9. The lowest BCUT2D eigenvalue weighted by Crippen LogP contribution is -2.44. The van der Waals surface area contributed by atoms with Gasteiger partial charge >= 0.3 is 0 Å². The maximum absolute atomic E-state index is 5.90. The van der Waals surface area contributed by atoms with Crippen molar-refractivity contribution in [2.45, 2.75) is 57.9 Å². The van der Waals surface area contributed by atoms with Crippen LogP contribution in [0.1, 0.15) is 45.1 Å². The summed E-state index contributed by atoms with van der Waals surface area (Å²) in [7, 11) is 0. The summed E-state index contributed by atoms with van der Waals surface area (Å²) in [5.74, 6) is -0.265. The van der Waals surface area contributed by atoms with Gasteiger partial charge in [-0.05, 0) is 54.8 Å². The molecule has 3 rings (SSSR count). The van der Waals surface area contributed by atoms with E-state index in [4.69, 9.17) is 9.47 Å². The van der Waals surface area contributed by atoms with Crippen molar-refractivity contribution in [3.8, 4) is 0 Å². The molecule has 3 nitrogen and oxygen atoms in total. The molecule has 132 valence electrons. The Balaban J connectivity index is 1.68. The molecule has 2 fully saturated rings. The molecule has 1 aliphatic carbocycles. The van der Waals surface area contributed by atoms with Crippen molar-refractivity contribution >= 4 is 22.6 Å². The quantitative estimate of drug-likeness (QED) is 0.607. The molecular formula is C20H28INO2. The fourth-order valence-electron chi connectivity index (χ4n) is 3.66. The van der Waals surface area contributed by atoms with Gasteiger partial charge in [0, 0.05) is 35.6 Å². The summed E-state index contributed by atoms with van der Waals surface area (Å²) in [5.41, 5.74) is 2.81. The molecule has 1 aromatic rings. The molecule has 0 atom stereocenters. The zero-order chi connectivity index (χ0) is 17.0. The van der Waals surface area contributed by atoms with Crippen molar-refractivity contribution in [2.75, 3.05) is 19.8 Å². The van der Waals surface area contributed by atoms with E-state index in [0.29, 0.717) is 6.04 Å². The number of rotatable bonds is 5. The zero-order valence-electron chi connectivity index (χ0n) is 14.8. The first-order chi connectivity index (χ1) is 11.6. The van der Waals surface area contributed by atoms with E-state index in [1.54, 1.807) is 0 Å². The van der Waals surface area contributed by atoms with E-state index in [9.17, 15) is 0 Å². The summed E-state index contributed by atoms with van der Waals surface area (Å²) in [6.45, 7) is 7.98. The van der Waals surface area contributed by atoms with Gasteiger partial charge in [-0.1, -0.05) is 35.9 Å². The maximum atomic E-state index is 5.90. The Bertz CT molecular complexity index is 552. The van der Waals surface area contributed by atoms with Crippen LogP contribution in [-0.2, 0) is 16.0 Å². The van der Waals surface area contributed by atoms with Gasteiger partial charge in [0.25, 0.3) is 0 Å². The van der Waals surface area contributed by atoms with Crippen LogP contribution in [0.2, 0.25) is 0 Å². The van der Waals surface area contributed by atoms with E-state index < -0.39 is 0 Å². The third-order valence-corrected chi connectivity index (χ3v) is 6.58. The van der Waals surface area contributed by atoms with Gasteiger partial charge in [0.2, 0.25) is 0 Å². The average molecular weight is 441 g/mol. The predicted molar refractivity (Wildman–Crippen MR) is 106 cm³/mol. The van der Waals surface area contributed by atoms with Crippen LogP contribution in [0, 0.1) is 0 Å². The lowest BCUT2D eigenvalue weighted by Gasteiger charge is -2.40. The van der Waals surface area contributed by atoms with E-state index in [1.165, 1.54) is 14.7 Å². The second kappa shape index (κ2) is 8.30. The van der Waals surface area contributed by atoms with E-state index in [-0.39, 0.29) is 5.79 Å². The topological polar surface area (TPSA) is 21.7 Å². The highest BCUT2D eigenvalue weighted by Crippen LogP contribution is 2.38. The highest BCUT2D eigenvalue weighted by molar-refractivity contribution is 14.1. The third kappa shape index (κ3) is 4.59. The van der Waals surface area contributed by atoms with Crippen LogP contribution in [0.25, 0.3) is 0 Å². The van der Waals surface area contributed by atoms with E-state index in [0.717, 1.165) is 52.0 Å². The molecule has 0 aromatic heterocycles. The van der Waals surface area contributed by atoms with Gasteiger partial charge < -0.3 is 9.47 Å².